The van der Waals surface area contributed by atoms with Gasteiger partial charge in [-0.2, -0.15) is 0 Å². The van der Waals surface area contributed by atoms with Crippen LogP contribution in [0.3, 0.4) is 0 Å². The Bertz CT molecular complexity index is 1100. The smallest absolute Gasteiger partial charge is 0.306 e. The van der Waals surface area contributed by atoms with Gasteiger partial charge >= 0.3 is 11.9 Å². The number of nitrogens with zero attached hydrogens (tertiary/aromatic N) is 1. The van der Waals surface area contributed by atoms with Crippen molar-refractivity contribution in [3.8, 4) is 0 Å². The number of likely N-dealkylation sites (N-methyl/N-ethyl adjacent to an activating group) is 1. The highest BCUT2D eigenvalue weighted by atomic mass is 31.2. The second-order valence-corrected chi connectivity index (χ2v) is 17.4. The van der Waals surface area contributed by atoms with Crippen LogP contribution in [0.2, 0.25) is 0 Å². The van der Waals surface area contributed by atoms with E-state index in [1.54, 1.807) is 0 Å². The predicted molar refractivity (Wildman–Crippen MR) is 231 cm³/mol. The van der Waals surface area contributed by atoms with E-state index in [1.807, 2.05) is 21.1 Å². The summed E-state index contributed by atoms with van der Waals surface area (Å²) in [5.41, 5.74) is 0. The molecule has 0 aliphatic heterocycles. The summed E-state index contributed by atoms with van der Waals surface area (Å²) in [5.74, 6) is -0.857. The van der Waals surface area contributed by atoms with Gasteiger partial charge in [-0.3, -0.25) is 14.2 Å². The van der Waals surface area contributed by atoms with Gasteiger partial charge in [0.15, 0.2) is 6.10 Å². The molecule has 0 fully saturated rings. The summed E-state index contributed by atoms with van der Waals surface area (Å²) in [4.78, 5) is 37.5. The molecule has 0 spiro atoms. The lowest BCUT2D eigenvalue weighted by Gasteiger charge is -2.28. The maximum absolute atomic E-state index is 12.7. The lowest BCUT2D eigenvalue weighted by atomic mass is 10.1. The van der Waals surface area contributed by atoms with Gasteiger partial charge in [0.05, 0.1) is 27.7 Å². The van der Waals surface area contributed by atoms with Crippen LogP contribution in [0, 0.1) is 0 Å². The number of ether oxygens (including phenoxy) is 2. The van der Waals surface area contributed by atoms with E-state index in [0.717, 1.165) is 70.6 Å². The van der Waals surface area contributed by atoms with E-state index < -0.39 is 32.5 Å². The largest absolute Gasteiger partial charge is 0.756 e. The summed E-state index contributed by atoms with van der Waals surface area (Å²) in [6.45, 7) is 4.08. The molecule has 0 aliphatic carbocycles. The fourth-order valence-electron chi connectivity index (χ4n) is 5.84. The van der Waals surface area contributed by atoms with Crippen LogP contribution in [-0.4, -0.2) is 70.0 Å². The summed E-state index contributed by atoms with van der Waals surface area (Å²) < 4.78 is 33.9. The first-order valence-electron chi connectivity index (χ1n) is 22.3. The van der Waals surface area contributed by atoms with Crippen LogP contribution in [0.1, 0.15) is 181 Å². The van der Waals surface area contributed by atoms with E-state index >= 15 is 0 Å². The number of carbonyl (C=O) groups is 2. The molecule has 0 aromatic heterocycles. The highest BCUT2D eigenvalue weighted by Gasteiger charge is 2.21. The van der Waals surface area contributed by atoms with Crippen LogP contribution >= 0.6 is 7.82 Å². The lowest BCUT2D eigenvalue weighted by Crippen LogP contribution is -2.37. The van der Waals surface area contributed by atoms with Crippen molar-refractivity contribution in [2.45, 2.75) is 187 Å². The molecule has 0 aromatic rings. The summed E-state index contributed by atoms with van der Waals surface area (Å²) >= 11 is 0. The van der Waals surface area contributed by atoms with E-state index in [9.17, 15) is 19.0 Å². The van der Waals surface area contributed by atoms with Gasteiger partial charge in [0.1, 0.15) is 19.8 Å². The van der Waals surface area contributed by atoms with E-state index in [-0.39, 0.29) is 26.1 Å². The third kappa shape index (κ3) is 41.6. The highest BCUT2D eigenvalue weighted by Crippen LogP contribution is 2.38. The molecule has 2 atom stereocenters. The van der Waals surface area contributed by atoms with Crippen LogP contribution in [0.25, 0.3) is 0 Å². The minimum Gasteiger partial charge on any atom is -0.756 e. The van der Waals surface area contributed by atoms with Crippen LogP contribution in [0.15, 0.2) is 48.6 Å². The molecule has 0 heterocycles. The van der Waals surface area contributed by atoms with Gasteiger partial charge in [0, 0.05) is 12.8 Å². The molecule has 9 nitrogen and oxygen atoms in total. The first-order valence-corrected chi connectivity index (χ1v) is 23.8. The molecule has 1 unspecified atom stereocenters. The topological polar surface area (TPSA) is 111 Å². The van der Waals surface area contributed by atoms with Crippen molar-refractivity contribution in [2.75, 3.05) is 47.5 Å². The Morgan fingerprint density at radius 1 is 0.571 bits per heavy atom. The number of esters is 2. The van der Waals surface area contributed by atoms with Gasteiger partial charge in [0.25, 0.3) is 7.82 Å². The number of phosphoric acid groups is 1. The Kier molecular flexibility index (Phi) is 37.1. The van der Waals surface area contributed by atoms with Gasteiger partial charge < -0.3 is 27.9 Å². The number of unbranched alkanes of at least 4 members (excludes halogenated alkanes) is 18. The zero-order valence-corrected chi connectivity index (χ0v) is 37.5. The van der Waals surface area contributed by atoms with Crippen molar-refractivity contribution in [3.05, 3.63) is 48.6 Å². The predicted octanol–water partition coefficient (Wildman–Crippen LogP) is 12.1. The van der Waals surface area contributed by atoms with Crippen molar-refractivity contribution >= 4 is 19.8 Å². The fraction of sp³-hybridized carbons (Fsp3) is 0.783. The molecule has 56 heavy (non-hydrogen) atoms. The maximum atomic E-state index is 12.7. The SMILES string of the molecule is CC/C=C/C/C=C/C/C=C/CCCCCCCC(=O)OC[C@H](COP(=O)([O-])OCC[N+](C)(C)C)OC(=O)CCCCCCCCCCC/C=C/CCCCCC. The Morgan fingerprint density at radius 2 is 1.02 bits per heavy atom. The molecule has 0 saturated heterocycles. The van der Waals surface area contributed by atoms with Crippen molar-refractivity contribution in [1.29, 1.82) is 0 Å². The van der Waals surface area contributed by atoms with Gasteiger partial charge in [-0.05, 0) is 70.6 Å². The van der Waals surface area contributed by atoms with Gasteiger partial charge in [-0.1, -0.05) is 146 Å². The molecule has 0 saturated carbocycles. The van der Waals surface area contributed by atoms with Gasteiger partial charge in [-0.15, -0.1) is 0 Å². The summed E-state index contributed by atoms with van der Waals surface area (Å²) in [7, 11) is 1.15. The Hall–Kier alpha value is -2.03. The van der Waals surface area contributed by atoms with Crippen LogP contribution in [-0.2, 0) is 32.7 Å². The monoisotopic (exact) mass is 810 g/mol. The average molecular weight is 810 g/mol. The molecule has 10 heteroatoms. The minimum absolute atomic E-state index is 0.0354. The minimum atomic E-state index is -4.63. The normalized spacial score (nSPS) is 14.0. The summed E-state index contributed by atoms with van der Waals surface area (Å²) in [5, 5.41) is 0. The summed E-state index contributed by atoms with van der Waals surface area (Å²) in [6, 6.07) is 0. The van der Waals surface area contributed by atoms with Crippen molar-refractivity contribution < 1.29 is 42.1 Å². The third-order valence-electron chi connectivity index (χ3n) is 9.33. The Labute approximate surface area is 343 Å². The molecule has 0 aliphatic rings. The zero-order valence-electron chi connectivity index (χ0n) is 36.6. The van der Waals surface area contributed by atoms with Crippen molar-refractivity contribution in [1.82, 2.24) is 0 Å². The van der Waals surface area contributed by atoms with E-state index in [1.165, 1.54) is 70.6 Å². The van der Waals surface area contributed by atoms with Gasteiger partial charge in [0.2, 0.25) is 0 Å². The molecule has 326 valence electrons. The quantitative estimate of drug-likeness (QED) is 0.0198. The number of allylic oxidation sites excluding steroid dienone is 8. The number of rotatable bonds is 40. The van der Waals surface area contributed by atoms with Crippen LogP contribution < -0.4 is 4.89 Å². The van der Waals surface area contributed by atoms with E-state index in [2.05, 4.69) is 62.5 Å². The van der Waals surface area contributed by atoms with Crippen molar-refractivity contribution in [3.63, 3.8) is 0 Å². The third-order valence-corrected chi connectivity index (χ3v) is 10.3. The standard InChI is InChI=1S/C46H84NO8P/c1-6-8-10-12-14-16-18-20-22-23-25-27-29-31-33-35-37-39-46(49)55-44(43-54-56(50,51)53-41-40-47(3,4)5)42-52-45(48)38-36-34-32-30-28-26-24-21-19-17-15-13-11-9-7-2/h9,11,15-18,21,24,44H,6-8,10,12-14,19-20,22-23,25-43H2,1-5H3/b11-9+,17-15+,18-16+,24-21+/t44-/m1/s1. The number of hydrogen-bond acceptors (Lipinski definition) is 8. The molecular formula is C46H84NO8P. The average Bonchev–Trinajstić information content (AvgIpc) is 3.15. The van der Waals surface area contributed by atoms with Crippen LogP contribution in [0.4, 0.5) is 0 Å². The second-order valence-electron chi connectivity index (χ2n) is 16.0. The molecular weight excluding hydrogens is 725 g/mol. The highest BCUT2D eigenvalue weighted by molar-refractivity contribution is 7.45. The zero-order chi connectivity index (χ0) is 41.4. The Morgan fingerprint density at radius 3 is 1.54 bits per heavy atom. The first kappa shape index (κ1) is 54.0. The molecule has 0 bridgehead atoms. The number of carbonyl (C=O) groups excluding carboxylic acids is 2. The molecule has 0 rings (SSSR count). The maximum Gasteiger partial charge on any atom is 0.306 e. The van der Waals surface area contributed by atoms with Crippen LogP contribution in [0.5, 0.6) is 0 Å². The van der Waals surface area contributed by atoms with Crippen molar-refractivity contribution in [2.24, 2.45) is 0 Å². The molecule has 0 amide bonds. The molecule has 0 N–H and O–H groups in total. The Balaban J connectivity index is 4.37. The first-order chi connectivity index (χ1) is 27.0. The van der Waals surface area contributed by atoms with E-state index in [0.29, 0.717) is 23.9 Å². The second kappa shape index (κ2) is 38.5. The number of quaternary nitrogens is 1. The number of phosphoric ester groups is 1. The van der Waals surface area contributed by atoms with Gasteiger partial charge in [-0.25, -0.2) is 0 Å². The fourth-order valence-corrected chi connectivity index (χ4v) is 6.57. The number of hydrogen-bond donors (Lipinski definition) is 0. The lowest BCUT2D eigenvalue weighted by molar-refractivity contribution is -0.870. The molecule has 0 aromatic carbocycles. The molecule has 0 radical (unpaired) electrons. The summed E-state index contributed by atoms with van der Waals surface area (Å²) in [6.07, 6.45) is 44.2. The van der Waals surface area contributed by atoms with E-state index in [4.69, 9.17) is 18.5 Å².